The molecule has 0 radical (unpaired) electrons. The van der Waals surface area contributed by atoms with Crippen LogP contribution in [0, 0.1) is 11.8 Å². The molecule has 0 heterocycles. The fourth-order valence-corrected chi connectivity index (χ4v) is 1.31. The zero-order valence-electron chi connectivity index (χ0n) is 7.52. The van der Waals surface area contributed by atoms with Crippen molar-refractivity contribution in [2.75, 3.05) is 13.3 Å². The Balaban J connectivity index is 3.51. The van der Waals surface area contributed by atoms with Gasteiger partial charge in [-0.3, -0.25) is 4.39 Å². The third-order valence-electron chi connectivity index (χ3n) is 2.34. The van der Waals surface area contributed by atoms with Crippen LogP contribution in [0.25, 0.3) is 0 Å². The van der Waals surface area contributed by atoms with Gasteiger partial charge in [-0.25, -0.2) is 0 Å². The summed E-state index contributed by atoms with van der Waals surface area (Å²) in [5.41, 5.74) is 0. The van der Waals surface area contributed by atoms with Crippen LogP contribution in [0.3, 0.4) is 0 Å². The molecule has 1 nitrogen and oxygen atoms in total. The molecule has 0 bridgehead atoms. The summed E-state index contributed by atoms with van der Waals surface area (Å²) in [6, 6.07) is 0. The Labute approximate surface area is 68.6 Å². The topological polar surface area (TPSA) is 20.2 Å². The Kier molecular flexibility index (Phi) is 6.52. The van der Waals surface area contributed by atoms with Crippen LogP contribution in [0.2, 0.25) is 0 Å². The fraction of sp³-hybridized carbons (Fsp3) is 1.00. The molecule has 2 heteroatoms. The third kappa shape index (κ3) is 4.35. The Morgan fingerprint density at radius 2 is 2.09 bits per heavy atom. The largest absolute Gasteiger partial charge is 0.396 e. The Morgan fingerprint density at radius 1 is 1.45 bits per heavy atom. The van der Waals surface area contributed by atoms with Gasteiger partial charge in [-0.2, -0.15) is 0 Å². The highest BCUT2D eigenvalue weighted by Gasteiger charge is 2.13. The quantitative estimate of drug-likeness (QED) is 0.635. The average molecular weight is 162 g/mol. The van der Waals surface area contributed by atoms with Crippen LogP contribution in [-0.2, 0) is 0 Å². The van der Waals surface area contributed by atoms with Crippen LogP contribution in [0.5, 0.6) is 0 Å². The minimum Gasteiger partial charge on any atom is -0.396 e. The number of rotatable bonds is 6. The minimum absolute atomic E-state index is 0.196. The van der Waals surface area contributed by atoms with E-state index in [1.807, 2.05) is 6.92 Å². The molecular formula is C9H19FO. The number of aliphatic hydroxyl groups is 1. The van der Waals surface area contributed by atoms with E-state index in [0.29, 0.717) is 5.92 Å². The number of hydrogen-bond donors (Lipinski definition) is 1. The van der Waals surface area contributed by atoms with Crippen molar-refractivity contribution in [3.05, 3.63) is 0 Å². The van der Waals surface area contributed by atoms with Gasteiger partial charge in [-0.15, -0.1) is 0 Å². The van der Waals surface area contributed by atoms with Gasteiger partial charge in [0.2, 0.25) is 0 Å². The summed E-state index contributed by atoms with van der Waals surface area (Å²) >= 11 is 0. The van der Waals surface area contributed by atoms with Crippen molar-refractivity contribution >= 4 is 0 Å². The Morgan fingerprint density at radius 3 is 2.45 bits per heavy atom. The lowest BCUT2D eigenvalue weighted by molar-refractivity contribution is 0.224. The van der Waals surface area contributed by atoms with Crippen molar-refractivity contribution in [2.45, 2.75) is 33.1 Å². The third-order valence-corrected chi connectivity index (χ3v) is 2.34. The van der Waals surface area contributed by atoms with Gasteiger partial charge in [0.05, 0.1) is 6.67 Å². The lowest BCUT2D eigenvalue weighted by atomic mass is 9.89. The molecule has 0 aliphatic heterocycles. The molecule has 0 aliphatic rings. The monoisotopic (exact) mass is 162 g/mol. The number of halogens is 1. The summed E-state index contributed by atoms with van der Waals surface area (Å²) in [5, 5.41) is 8.55. The van der Waals surface area contributed by atoms with Crippen molar-refractivity contribution in [3.63, 3.8) is 0 Å². The summed E-state index contributed by atoms with van der Waals surface area (Å²) in [6.45, 7) is 4.08. The van der Waals surface area contributed by atoms with Gasteiger partial charge < -0.3 is 5.11 Å². The summed E-state index contributed by atoms with van der Waals surface area (Å²) in [4.78, 5) is 0. The molecule has 0 amide bonds. The molecule has 11 heavy (non-hydrogen) atoms. The molecule has 0 rings (SSSR count). The van der Waals surface area contributed by atoms with Crippen LogP contribution < -0.4 is 0 Å². The molecular weight excluding hydrogens is 143 g/mol. The predicted octanol–water partition coefficient (Wildman–Crippen LogP) is 2.39. The van der Waals surface area contributed by atoms with Gasteiger partial charge >= 0.3 is 0 Å². The molecule has 2 atom stereocenters. The molecule has 0 unspecified atom stereocenters. The van der Waals surface area contributed by atoms with E-state index in [1.54, 1.807) is 0 Å². The second kappa shape index (κ2) is 6.59. The van der Waals surface area contributed by atoms with Crippen molar-refractivity contribution < 1.29 is 9.50 Å². The first kappa shape index (κ1) is 10.9. The minimum atomic E-state index is -0.219. The maximum Gasteiger partial charge on any atom is 0.0925 e. The highest BCUT2D eigenvalue weighted by Crippen LogP contribution is 2.20. The maximum atomic E-state index is 12.3. The van der Waals surface area contributed by atoms with E-state index in [0.717, 1.165) is 19.3 Å². The summed E-state index contributed by atoms with van der Waals surface area (Å²) in [5.74, 6) is 0.610. The lowest BCUT2D eigenvalue weighted by Gasteiger charge is -2.18. The van der Waals surface area contributed by atoms with E-state index in [1.165, 1.54) is 0 Å². The zero-order valence-corrected chi connectivity index (χ0v) is 7.52. The second-order valence-electron chi connectivity index (χ2n) is 3.17. The van der Waals surface area contributed by atoms with E-state index < -0.39 is 0 Å². The second-order valence-corrected chi connectivity index (χ2v) is 3.17. The molecule has 0 saturated heterocycles. The van der Waals surface area contributed by atoms with Crippen LogP contribution in [-0.4, -0.2) is 18.4 Å². The molecule has 1 N–H and O–H groups in total. The first-order valence-corrected chi connectivity index (χ1v) is 4.43. The van der Waals surface area contributed by atoms with Crippen LogP contribution in [0.15, 0.2) is 0 Å². The first-order chi connectivity index (χ1) is 5.26. The van der Waals surface area contributed by atoms with Gasteiger partial charge in [0.1, 0.15) is 0 Å². The van der Waals surface area contributed by atoms with Crippen molar-refractivity contribution in [2.24, 2.45) is 11.8 Å². The van der Waals surface area contributed by atoms with Gasteiger partial charge in [-0.05, 0) is 24.7 Å². The Bertz CT molecular complexity index is 81.6. The molecule has 0 aromatic rings. The molecule has 0 saturated carbocycles. The van der Waals surface area contributed by atoms with E-state index in [2.05, 4.69) is 6.92 Å². The summed E-state index contributed by atoms with van der Waals surface area (Å²) < 4.78 is 12.3. The van der Waals surface area contributed by atoms with Crippen molar-refractivity contribution in [1.29, 1.82) is 0 Å². The van der Waals surface area contributed by atoms with Gasteiger partial charge in [0.15, 0.2) is 0 Å². The van der Waals surface area contributed by atoms with E-state index in [9.17, 15) is 4.39 Å². The van der Waals surface area contributed by atoms with E-state index in [4.69, 9.17) is 5.11 Å². The highest BCUT2D eigenvalue weighted by atomic mass is 19.1. The molecule has 0 spiro atoms. The SMILES string of the molecule is CC[C@H](CF)[C@@H](C)CCCO. The van der Waals surface area contributed by atoms with Gasteiger partial charge in [0.25, 0.3) is 0 Å². The number of hydrogen-bond acceptors (Lipinski definition) is 1. The number of aliphatic hydroxyl groups excluding tert-OH is 1. The van der Waals surface area contributed by atoms with Crippen LogP contribution in [0.4, 0.5) is 4.39 Å². The van der Waals surface area contributed by atoms with Crippen molar-refractivity contribution in [3.8, 4) is 0 Å². The summed E-state index contributed by atoms with van der Waals surface area (Å²) in [7, 11) is 0. The molecule has 68 valence electrons. The highest BCUT2D eigenvalue weighted by molar-refractivity contribution is 4.63. The Hall–Kier alpha value is -0.110. The first-order valence-electron chi connectivity index (χ1n) is 4.43. The maximum absolute atomic E-state index is 12.3. The zero-order chi connectivity index (χ0) is 8.69. The van der Waals surface area contributed by atoms with Gasteiger partial charge in [0, 0.05) is 6.61 Å². The molecule has 0 aromatic carbocycles. The molecule has 0 fully saturated rings. The van der Waals surface area contributed by atoms with Crippen molar-refractivity contribution in [1.82, 2.24) is 0 Å². The average Bonchev–Trinajstić information content (AvgIpc) is 2.03. The summed E-state index contributed by atoms with van der Waals surface area (Å²) in [6.07, 6.45) is 2.65. The predicted molar refractivity (Wildman–Crippen MR) is 45.2 cm³/mol. The molecule has 0 aliphatic carbocycles. The van der Waals surface area contributed by atoms with Crippen LogP contribution >= 0.6 is 0 Å². The van der Waals surface area contributed by atoms with Crippen LogP contribution in [0.1, 0.15) is 33.1 Å². The number of alkyl halides is 1. The molecule has 0 aromatic heterocycles. The smallest absolute Gasteiger partial charge is 0.0925 e. The fourth-order valence-electron chi connectivity index (χ4n) is 1.31. The van der Waals surface area contributed by atoms with Gasteiger partial charge in [-0.1, -0.05) is 20.3 Å². The van der Waals surface area contributed by atoms with E-state index in [-0.39, 0.29) is 19.2 Å². The van der Waals surface area contributed by atoms with E-state index >= 15 is 0 Å². The standard InChI is InChI=1S/C9H19FO/c1-3-9(7-10)8(2)5-4-6-11/h8-9,11H,3-7H2,1-2H3/t8-,9+/m0/s1. The normalized spacial score (nSPS) is 16.4. The lowest BCUT2D eigenvalue weighted by Crippen LogP contribution is -2.13.